The number of hydrogen-bond donors (Lipinski definition) is 1. The summed E-state index contributed by atoms with van der Waals surface area (Å²) in [6.07, 6.45) is 5.43. The van der Waals surface area contributed by atoms with Crippen LogP contribution in [0.5, 0.6) is 5.75 Å². The molecule has 0 aromatic heterocycles. The van der Waals surface area contributed by atoms with E-state index in [0.29, 0.717) is 6.10 Å². The quantitative estimate of drug-likeness (QED) is 0.730. The van der Waals surface area contributed by atoms with Gasteiger partial charge in [-0.05, 0) is 49.9 Å². The second-order valence-electron chi connectivity index (χ2n) is 5.16. The lowest BCUT2D eigenvalue weighted by atomic mass is 9.95. The van der Waals surface area contributed by atoms with Gasteiger partial charge < -0.3 is 14.8 Å². The maximum Gasteiger partial charge on any atom is 0.119 e. The summed E-state index contributed by atoms with van der Waals surface area (Å²) in [6.45, 7) is 4.09. The van der Waals surface area contributed by atoms with Crippen LogP contribution in [0.1, 0.15) is 44.3 Å². The summed E-state index contributed by atoms with van der Waals surface area (Å²) in [5.74, 6) is 0.898. The molecule has 0 bridgehead atoms. The third-order valence-corrected chi connectivity index (χ3v) is 3.63. The van der Waals surface area contributed by atoms with Crippen LogP contribution in [0, 0.1) is 0 Å². The Morgan fingerprint density at radius 1 is 1.37 bits per heavy atom. The average Bonchev–Trinajstić information content (AvgIpc) is 2.40. The largest absolute Gasteiger partial charge is 0.497 e. The molecule has 19 heavy (non-hydrogen) atoms. The standard InChI is InChI=1S/C16H25NO2/c1-3-10-17-12-16(19-14-7-5-8-14)13-6-4-9-15(11-13)18-2/h4,6,9,11,14,16-17H,3,5,7-8,10,12H2,1-2H3. The Morgan fingerprint density at radius 2 is 2.21 bits per heavy atom. The molecule has 1 saturated carbocycles. The Hall–Kier alpha value is -1.06. The van der Waals surface area contributed by atoms with Crippen LogP contribution in [0.4, 0.5) is 0 Å². The van der Waals surface area contributed by atoms with Crippen molar-refractivity contribution in [3.63, 3.8) is 0 Å². The zero-order valence-electron chi connectivity index (χ0n) is 12.0. The molecule has 1 fully saturated rings. The van der Waals surface area contributed by atoms with Gasteiger partial charge in [0.05, 0.1) is 19.3 Å². The topological polar surface area (TPSA) is 30.5 Å². The molecule has 1 aromatic carbocycles. The maximum atomic E-state index is 6.20. The highest BCUT2D eigenvalue weighted by molar-refractivity contribution is 5.30. The fourth-order valence-electron chi connectivity index (χ4n) is 2.24. The molecule has 1 atom stereocenters. The molecule has 1 aliphatic carbocycles. The molecule has 1 aliphatic rings. The van der Waals surface area contributed by atoms with E-state index < -0.39 is 0 Å². The van der Waals surface area contributed by atoms with Gasteiger partial charge in [0.1, 0.15) is 5.75 Å². The van der Waals surface area contributed by atoms with Crippen LogP contribution in [0.2, 0.25) is 0 Å². The average molecular weight is 263 g/mol. The van der Waals surface area contributed by atoms with Crippen molar-refractivity contribution in [3.8, 4) is 5.75 Å². The third kappa shape index (κ3) is 4.22. The van der Waals surface area contributed by atoms with Gasteiger partial charge in [0.15, 0.2) is 0 Å². The fourth-order valence-corrected chi connectivity index (χ4v) is 2.24. The summed E-state index contributed by atoms with van der Waals surface area (Å²) in [5, 5.41) is 3.46. The molecule has 0 heterocycles. The minimum Gasteiger partial charge on any atom is -0.497 e. The number of methoxy groups -OCH3 is 1. The van der Waals surface area contributed by atoms with Gasteiger partial charge in [-0.1, -0.05) is 19.1 Å². The van der Waals surface area contributed by atoms with E-state index in [1.54, 1.807) is 7.11 Å². The zero-order valence-corrected chi connectivity index (χ0v) is 12.0. The Kier molecular flexibility index (Phi) is 5.67. The summed E-state index contributed by atoms with van der Waals surface area (Å²) in [6, 6.07) is 8.21. The highest BCUT2D eigenvalue weighted by Gasteiger charge is 2.23. The number of rotatable bonds is 8. The number of benzene rings is 1. The first-order valence-corrected chi connectivity index (χ1v) is 7.33. The van der Waals surface area contributed by atoms with Crippen LogP contribution in [-0.4, -0.2) is 26.3 Å². The van der Waals surface area contributed by atoms with E-state index in [4.69, 9.17) is 9.47 Å². The van der Waals surface area contributed by atoms with Gasteiger partial charge in [0, 0.05) is 6.54 Å². The van der Waals surface area contributed by atoms with Crippen LogP contribution >= 0.6 is 0 Å². The molecule has 106 valence electrons. The lowest BCUT2D eigenvalue weighted by Gasteiger charge is -2.31. The van der Waals surface area contributed by atoms with Gasteiger partial charge >= 0.3 is 0 Å². The number of hydrogen-bond acceptors (Lipinski definition) is 3. The number of ether oxygens (including phenoxy) is 2. The molecular formula is C16H25NO2. The van der Waals surface area contributed by atoms with E-state index in [9.17, 15) is 0 Å². The maximum absolute atomic E-state index is 6.20. The molecule has 0 saturated heterocycles. The minimum atomic E-state index is 0.131. The van der Waals surface area contributed by atoms with Crippen LogP contribution in [0.15, 0.2) is 24.3 Å². The van der Waals surface area contributed by atoms with E-state index >= 15 is 0 Å². The van der Waals surface area contributed by atoms with Gasteiger partial charge in [-0.2, -0.15) is 0 Å². The Labute approximate surface area is 116 Å². The first-order chi connectivity index (χ1) is 9.33. The van der Waals surface area contributed by atoms with Crippen LogP contribution in [-0.2, 0) is 4.74 Å². The van der Waals surface area contributed by atoms with Gasteiger partial charge in [0.25, 0.3) is 0 Å². The van der Waals surface area contributed by atoms with Crippen molar-refractivity contribution in [2.75, 3.05) is 20.2 Å². The normalized spacial score (nSPS) is 16.9. The molecule has 1 aromatic rings. The van der Waals surface area contributed by atoms with Crippen molar-refractivity contribution in [1.82, 2.24) is 5.32 Å². The smallest absolute Gasteiger partial charge is 0.119 e. The van der Waals surface area contributed by atoms with Crippen molar-refractivity contribution in [1.29, 1.82) is 0 Å². The molecule has 1 N–H and O–H groups in total. The van der Waals surface area contributed by atoms with Crippen molar-refractivity contribution >= 4 is 0 Å². The molecule has 0 spiro atoms. The van der Waals surface area contributed by atoms with Crippen molar-refractivity contribution < 1.29 is 9.47 Å². The van der Waals surface area contributed by atoms with Gasteiger partial charge in [-0.15, -0.1) is 0 Å². The first kappa shape index (κ1) is 14.4. The Morgan fingerprint density at radius 3 is 2.84 bits per heavy atom. The SMILES string of the molecule is CCCNCC(OC1CCC1)c1cccc(OC)c1. The second kappa shape index (κ2) is 7.51. The van der Waals surface area contributed by atoms with Crippen LogP contribution in [0.3, 0.4) is 0 Å². The highest BCUT2D eigenvalue weighted by atomic mass is 16.5. The molecule has 0 amide bonds. The van der Waals surface area contributed by atoms with Crippen molar-refractivity contribution in [2.24, 2.45) is 0 Å². The predicted molar refractivity (Wildman–Crippen MR) is 77.6 cm³/mol. The molecular weight excluding hydrogens is 238 g/mol. The Balaban J connectivity index is 2.00. The minimum absolute atomic E-state index is 0.131. The number of nitrogens with one attached hydrogen (secondary N) is 1. The Bertz CT molecular complexity index is 377. The highest BCUT2D eigenvalue weighted by Crippen LogP contribution is 2.29. The van der Waals surface area contributed by atoms with Gasteiger partial charge in [-0.25, -0.2) is 0 Å². The third-order valence-electron chi connectivity index (χ3n) is 3.63. The molecule has 3 nitrogen and oxygen atoms in total. The first-order valence-electron chi connectivity index (χ1n) is 7.33. The van der Waals surface area contributed by atoms with Crippen molar-refractivity contribution in [2.45, 2.75) is 44.8 Å². The van der Waals surface area contributed by atoms with Crippen LogP contribution < -0.4 is 10.1 Å². The summed E-state index contributed by atoms with van der Waals surface area (Å²) in [5.41, 5.74) is 1.20. The summed E-state index contributed by atoms with van der Waals surface area (Å²) in [7, 11) is 1.70. The van der Waals surface area contributed by atoms with Crippen molar-refractivity contribution in [3.05, 3.63) is 29.8 Å². The molecule has 0 radical (unpaired) electrons. The van der Waals surface area contributed by atoms with Crippen LogP contribution in [0.25, 0.3) is 0 Å². The van der Waals surface area contributed by atoms with E-state index in [0.717, 1.165) is 25.3 Å². The van der Waals surface area contributed by atoms with E-state index in [-0.39, 0.29) is 6.10 Å². The van der Waals surface area contributed by atoms with Gasteiger partial charge in [0.2, 0.25) is 0 Å². The van der Waals surface area contributed by atoms with E-state index in [1.807, 2.05) is 12.1 Å². The fraction of sp³-hybridized carbons (Fsp3) is 0.625. The monoisotopic (exact) mass is 263 g/mol. The lowest BCUT2D eigenvalue weighted by molar-refractivity contribution is -0.0519. The van der Waals surface area contributed by atoms with E-state index in [1.165, 1.54) is 24.8 Å². The summed E-state index contributed by atoms with van der Waals surface area (Å²) < 4.78 is 11.5. The van der Waals surface area contributed by atoms with Gasteiger partial charge in [-0.3, -0.25) is 0 Å². The summed E-state index contributed by atoms with van der Waals surface area (Å²) >= 11 is 0. The lowest BCUT2D eigenvalue weighted by Crippen LogP contribution is -2.30. The zero-order chi connectivity index (χ0) is 13.5. The second-order valence-corrected chi connectivity index (χ2v) is 5.16. The molecule has 3 heteroatoms. The predicted octanol–water partition coefficient (Wildman–Crippen LogP) is 3.31. The molecule has 2 rings (SSSR count). The summed E-state index contributed by atoms with van der Waals surface area (Å²) in [4.78, 5) is 0. The molecule has 0 aliphatic heterocycles. The van der Waals surface area contributed by atoms with E-state index in [2.05, 4.69) is 24.4 Å². The molecule has 1 unspecified atom stereocenters.